The average Bonchev–Trinajstić information content (AvgIpc) is 2.30. The van der Waals surface area contributed by atoms with E-state index in [0.717, 1.165) is 4.47 Å². The van der Waals surface area contributed by atoms with E-state index in [0.29, 0.717) is 18.2 Å². The van der Waals surface area contributed by atoms with Crippen molar-refractivity contribution in [3.8, 4) is 0 Å². The summed E-state index contributed by atoms with van der Waals surface area (Å²) in [4.78, 5) is 0. The summed E-state index contributed by atoms with van der Waals surface area (Å²) in [5.41, 5.74) is 6.62. The van der Waals surface area contributed by atoms with Crippen LogP contribution in [-0.4, -0.2) is 10.2 Å². The standard InChI is InChI=1S/C11H11BrN4/c12-9-4-2-1-3-8(9)7-14-11-6-5-10(13)15-16-11/h1-6H,7H2,(H2,13,15)(H,14,16). The molecule has 0 saturated heterocycles. The lowest BCUT2D eigenvalue weighted by Crippen LogP contribution is -2.03. The first-order valence-corrected chi connectivity index (χ1v) is 5.61. The molecule has 0 bridgehead atoms. The molecule has 0 fully saturated rings. The summed E-state index contributed by atoms with van der Waals surface area (Å²) < 4.78 is 1.07. The molecule has 0 unspecified atom stereocenters. The Hall–Kier alpha value is -1.62. The van der Waals surface area contributed by atoms with E-state index in [-0.39, 0.29) is 0 Å². The van der Waals surface area contributed by atoms with Crippen molar-refractivity contribution < 1.29 is 0 Å². The molecule has 5 heteroatoms. The number of anilines is 2. The Morgan fingerprint density at radius 1 is 1.12 bits per heavy atom. The van der Waals surface area contributed by atoms with Gasteiger partial charge in [-0.2, -0.15) is 0 Å². The minimum absolute atomic E-state index is 0.423. The van der Waals surface area contributed by atoms with E-state index in [2.05, 4.69) is 31.4 Å². The van der Waals surface area contributed by atoms with Gasteiger partial charge in [-0.15, -0.1) is 10.2 Å². The number of nitrogens with zero attached hydrogens (tertiary/aromatic N) is 2. The molecule has 2 rings (SSSR count). The Bertz CT molecular complexity index is 470. The highest BCUT2D eigenvalue weighted by atomic mass is 79.9. The molecular formula is C11H11BrN4. The van der Waals surface area contributed by atoms with Crippen LogP contribution in [-0.2, 0) is 6.54 Å². The van der Waals surface area contributed by atoms with Gasteiger partial charge in [0.15, 0.2) is 0 Å². The summed E-state index contributed by atoms with van der Waals surface area (Å²) >= 11 is 3.49. The highest BCUT2D eigenvalue weighted by molar-refractivity contribution is 9.10. The number of hydrogen-bond donors (Lipinski definition) is 2. The summed E-state index contributed by atoms with van der Waals surface area (Å²) in [6.45, 7) is 0.694. The summed E-state index contributed by atoms with van der Waals surface area (Å²) in [6, 6.07) is 11.6. The lowest BCUT2D eigenvalue weighted by molar-refractivity contribution is 1.01. The minimum atomic E-state index is 0.423. The van der Waals surface area contributed by atoms with Gasteiger partial charge in [-0.05, 0) is 23.8 Å². The maximum absolute atomic E-state index is 5.45. The fourth-order valence-corrected chi connectivity index (χ4v) is 1.69. The van der Waals surface area contributed by atoms with Gasteiger partial charge in [0.2, 0.25) is 0 Å². The molecule has 0 aliphatic carbocycles. The quantitative estimate of drug-likeness (QED) is 0.905. The molecule has 1 aromatic heterocycles. The summed E-state index contributed by atoms with van der Waals surface area (Å²) in [5, 5.41) is 10.9. The predicted molar refractivity (Wildman–Crippen MR) is 67.9 cm³/mol. The molecule has 0 aliphatic heterocycles. The Kier molecular flexibility index (Phi) is 3.36. The van der Waals surface area contributed by atoms with Crippen LogP contribution in [0.2, 0.25) is 0 Å². The Balaban J connectivity index is 2.02. The highest BCUT2D eigenvalue weighted by Gasteiger charge is 1.99. The van der Waals surface area contributed by atoms with Gasteiger partial charge in [-0.3, -0.25) is 0 Å². The van der Waals surface area contributed by atoms with Crippen molar-refractivity contribution in [2.24, 2.45) is 0 Å². The van der Waals surface area contributed by atoms with Gasteiger partial charge >= 0.3 is 0 Å². The van der Waals surface area contributed by atoms with Crippen LogP contribution < -0.4 is 11.1 Å². The van der Waals surface area contributed by atoms with Crippen LogP contribution in [0.15, 0.2) is 40.9 Å². The predicted octanol–water partition coefficient (Wildman–Crippen LogP) is 2.43. The first kappa shape index (κ1) is 10.9. The van der Waals surface area contributed by atoms with Crippen LogP contribution in [0.25, 0.3) is 0 Å². The number of aromatic nitrogens is 2. The largest absolute Gasteiger partial charge is 0.382 e. The molecule has 1 heterocycles. The van der Waals surface area contributed by atoms with Crippen molar-refractivity contribution in [1.29, 1.82) is 0 Å². The number of hydrogen-bond acceptors (Lipinski definition) is 4. The number of nitrogen functional groups attached to an aromatic ring is 1. The molecule has 3 N–H and O–H groups in total. The van der Waals surface area contributed by atoms with Gasteiger partial charge in [0.25, 0.3) is 0 Å². The van der Waals surface area contributed by atoms with Crippen molar-refractivity contribution >= 4 is 27.6 Å². The third kappa shape index (κ3) is 2.70. The average molecular weight is 279 g/mol. The van der Waals surface area contributed by atoms with Gasteiger partial charge in [0.1, 0.15) is 11.6 Å². The van der Waals surface area contributed by atoms with Gasteiger partial charge < -0.3 is 11.1 Å². The maximum atomic E-state index is 5.45. The first-order valence-electron chi connectivity index (χ1n) is 4.82. The molecule has 0 amide bonds. The molecular weight excluding hydrogens is 268 g/mol. The number of rotatable bonds is 3. The van der Waals surface area contributed by atoms with Crippen LogP contribution in [0, 0.1) is 0 Å². The number of nitrogens with one attached hydrogen (secondary N) is 1. The molecule has 16 heavy (non-hydrogen) atoms. The second-order valence-electron chi connectivity index (χ2n) is 3.29. The van der Waals surface area contributed by atoms with Gasteiger partial charge in [0, 0.05) is 11.0 Å². The van der Waals surface area contributed by atoms with E-state index in [1.165, 1.54) is 5.56 Å². The monoisotopic (exact) mass is 278 g/mol. The van der Waals surface area contributed by atoms with Crippen LogP contribution in [0.1, 0.15) is 5.56 Å². The summed E-state index contributed by atoms with van der Waals surface area (Å²) in [7, 11) is 0. The van der Waals surface area contributed by atoms with Gasteiger partial charge in [0.05, 0.1) is 0 Å². The Morgan fingerprint density at radius 2 is 1.94 bits per heavy atom. The molecule has 4 nitrogen and oxygen atoms in total. The molecule has 82 valence electrons. The lowest BCUT2D eigenvalue weighted by Gasteiger charge is -2.06. The third-order valence-corrected chi connectivity index (χ3v) is 2.88. The molecule has 0 aliphatic rings. The van der Waals surface area contributed by atoms with Crippen molar-refractivity contribution in [1.82, 2.24) is 10.2 Å². The fourth-order valence-electron chi connectivity index (χ4n) is 1.26. The zero-order valence-corrected chi connectivity index (χ0v) is 10.1. The molecule has 1 aromatic carbocycles. The smallest absolute Gasteiger partial charge is 0.149 e. The van der Waals surface area contributed by atoms with Crippen molar-refractivity contribution in [2.45, 2.75) is 6.54 Å². The lowest BCUT2D eigenvalue weighted by atomic mass is 10.2. The fraction of sp³-hybridized carbons (Fsp3) is 0.0909. The van der Waals surface area contributed by atoms with Crippen LogP contribution in [0.4, 0.5) is 11.6 Å². The van der Waals surface area contributed by atoms with Crippen LogP contribution in [0.3, 0.4) is 0 Å². The highest BCUT2D eigenvalue weighted by Crippen LogP contribution is 2.16. The third-order valence-electron chi connectivity index (χ3n) is 2.10. The summed E-state index contributed by atoms with van der Waals surface area (Å²) in [6.07, 6.45) is 0. The molecule has 0 radical (unpaired) electrons. The Labute approximate surface area is 102 Å². The topological polar surface area (TPSA) is 63.8 Å². The zero-order chi connectivity index (χ0) is 11.4. The minimum Gasteiger partial charge on any atom is -0.382 e. The van der Waals surface area contributed by atoms with E-state index in [1.807, 2.05) is 24.3 Å². The molecule has 2 aromatic rings. The maximum Gasteiger partial charge on any atom is 0.149 e. The van der Waals surface area contributed by atoms with E-state index in [9.17, 15) is 0 Å². The first-order chi connectivity index (χ1) is 7.75. The molecule has 0 atom stereocenters. The SMILES string of the molecule is Nc1ccc(NCc2ccccc2Br)nn1. The normalized spacial score (nSPS) is 10.1. The number of nitrogens with two attached hydrogens (primary N) is 1. The van der Waals surface area contributed by atoms with Crippen LogP contribution in [0.5, 0.6) is 0 Å². The van der Waals surface area contributed by atoms with E-state index in [1.54, 1.807) is 12.1 Å². The summed E-state index contributed by atoms with van der Waals surface area (Å²) in [5.74, 6) is 1.14. The van der Waals surface area contributed by atoms with Crippen molar-refractivity contribution in [3.05, 3.63) is 46.4 Å². The number of halogens is 1. The molecule has 0 saturated carbocycles. The zero-order valence-electron chi connectivity index (χ0n) is 8.52. The van der Waals surface area contributed by atoms with E-state index < -0.39 is 0 Å². The van der Waals surface area contributed by atoms with Crippen molar-refractivity contribution in [3.63, 3.8) is 0 Å². The molecule has 0 spiro atoms. The number of benzene rings is 1. The van der Waals surface area contributed by atoms with Crippen molar-refractivity contribution in [2.75, 3.05) is 11.1 Å². The van der Waals surface area contributed by atoms with Gasteiger partial charge in [-0.25, -0.2) is 0 Å². The second-order valence-corrected chi connectivity index (χ2v) is 4.14. The van der Waals surface area contributed by atoms with E-state index >= 15 is 0 Å². The van der Waals surface area contributed by atoms with E-state index in [4.69, 9.17) is 5.73 Å². The second kappa shape index (κ2) is 4.94. The Morgan fingerprint density at radius 3 is 2.62 bits per heavy atom. The van der Waals surface area contributed by atoms with Crippen LogP contribution >= 0.6 is 15.9 Å². The van der Waals surface area contributed by atoms with Gasteiger partial charge in [-0.1, -0.05) is 34.1 Å².